The SMILES string of the molecule is Cn1cc(-c2cnc3nnn(C[C@H]4CCCN(C(=O)OC(C)(C)C)C4)c3n2)cn1. The van der Waals surface area contributed by atoms with Crippen molar-refractivity contribution >= 4 is 17.4 Å². The number of likely N-dealkylation sites (tertiary alicyclic amines) is 1. The van der Waals surface area contributed by atoms with Gasteiger partial charge in [-0.05, 0) is 39.5 Å². The van der Waals surface area contributed by atoms with Gasteiger partial charge in [-0.1, -0.05) is 5.21 Å². The first-order valence-corrected chi connectivity index (χ1v) is 9.82. The van der Waals surface area contributed by atoms with Gasteiger partial charge in [-0.25, -0.2) is 19.4 Å². The molecular weight excluding hydrogens is 372 g/mol. The third kappa shape index (κ3) is 4.36. The van der Waals surface area contributed by atoms with Crippen molar-refractivity contribution in [3.05, 3.63) is 18.6 Å². The molecule has 3 aromatic rings. The molecule has 10 heteroatoms. The van der Waals surface area contributed by atoms with Crippen molar-refractivity contribution in [2.45, 2.75) is 45.8 Å². The van der Waals surface area contributed by atoms with E-state index in [4.69, 9.17) is 9.72 Å². The van der Waals surface area contributed by atoms with Crippen LogP contribution in [0.2, 0.25) is 0 Å². The van der Waals surface area contributed by atoms with Crippen LogP contribution in [0.3, 0.4) is 0 Å². The van der Waals surface area contributed by atoms with E-state index in [1.807, 2.05) is 34.0 Å². The highest BCUT2D eigenvalue weighted by atomic mass is 16.6. The molecule has 0 spiro atoms. The number of ether oxygens (including phenoxy) is 1. The highest BCUT2D eigenvalue weighted by Crippen LogP contribution is 2.22. The molecule has 1 amide bonds. The van der Waals surface area contributed by atoms with Gasteiger partial charge in [-0.15, -0.1) is 5.10 Å². The minimum Gasteiger partial charge on any atom is -0.444 e. The van der Waals surface area contributed by atoms with Gasteiger partial charge in [0.05, 0.1) is 18.1 Å². The minimum absolute atomic E-state index is 0.255. The quantitative estimate of drug-likeness (QED) is 0.666. The first kappa shape index (κ1) is 19.3. The van der Waals surface area contributed by atoms with E-state index >= 15 is 0 Å². The van der Waals surface area contributed by atoms with Crippen LogP contribution in [-0.4, -0.2) is 64.4 Å². The maximum absolute atomic E-state index is 12.4. The Morgan fingerprint density at radius 2 is 2.14 bits per heavy atom. The van der Waals surface area contributed by atoms with Crippen LogP contribution in [0, 0.1) is 5.92 Å². The number of nitrogens with zero attached hydrogens (tertiary/aromatic N) is 8. The number of hydrogen-bond donors (Lipinski definition) is 0. The number of carbonyl (C=O) groups excluding carboxylic acids is 1. The predicted molar refractivity (Wildman–Crippen MR) is 106 cm³/mol. The van der Waals surface area contributed by atoms with E-state index in [9.17, 15) is 4.79 Å². The van der Waals surface area contributed by atoms with Gasteiger partial charge in [0.25, 0.3) is 0 Å². The zero-order chi connectivity index (χ0) is 20.6. The lowest BCUT2D eigenvalue weighted by molar-refractivity contribution is 0.0155. The summed E-state index contributed by atoms with van der Waals surface area (Å²) in [5, 5.41) is 12.6. The van der Waals surface area contributed by atoms with Crippen molar-refractivity contribution in [3.8, 4) is 11.3 Å². The summed E-state index contributed by atoms with van der Waals surface area (Å²) in [6.07, 6.45) is 7.01. The van der Waals surface area contributed by atoms with E-state index in [-0.39, 0.29) is 12.0 Å². The summed E-state index contributed by atoms with van der Waals surface area (Å²) in [6, 6.07) is 0. The maximum Gasteiger partial charge on any atom is 0.410 e. The number of hydrogen-bond acceptors (Lipinski definition) is 7. The summed E-state index contributed by atoms with van der Waals surface area (Å²) in [5.74, 6) is 0.255. The van der Waals surface area contributed by atoms with Crippen LogP contribution < -0.4 is 0 Å². The van der Waals surface area contributed by atoms with Crippen molar-refractivity contribution in [1.29, 1.82) is 0 Å². The van der Waals surface area contributed by atoms with Crippen LogP contribution in [0.15, 0.2) is 18.6 Å². The second kappa shape index (κ2) is 7.41. The predicted octanol–water partition coefficient (Wildman–Crippen LogP) is 2.27. The average Bonchev–Trinajstić information content (AvgIpc) is 3.27. The number of aryl methyl sites for hydroxylation is 1. The molecule has 0 aliphatic carbocycles. The van der Waals surface area contributed by atoms with Crippen molar-refractivity contribution in [1.82, 2.24) is 39.6 Å². The Balaban J connectivity index is 1.51. The Kier molecular flexibility index (Phi) is 4.93. The normalized spacial score (nSPS) is 17.7. The van der Waals surface area contributed by atoms with Crippen LogP contribution in [0.1, 0.15) is 33.6 Å². The molecule has 0 unspecified atom stereocenters. The summed E-state index contributed by atoms with van der Waals surface area (Å²) in [4.78, 5) is 23.3. The Labute approximate surface area is 168 Å². The Morgan fingerprint density at radius 1 is 1.31 bits per heavy atom. The second-order valence-electron chi connectivity index (χ2n) is 8.51. The fourth-order valence-corrected chi connectivity index (χ4v) is 3.52. The van der Waals surface area contributed by atoms with E-state index in [1.54, 1.807) is 26.7 Å². The third-order valence-electron chi connectivity index (χ3n) is 4.83. The lowest BCUT2D eigenvalue weighted by Crippen LogP contribution is -2.43. The molecule has 0 N–H and O–H groups in total. The Bertz CT molecular complexity index is 1020. The number of carbonyl (C=O) groups is 1. The maximum atomic E-state index is 12.4. The van der Waals surface area contributed by atoms with Crippen LogP contribution in [0.4, 0.5) is 4.79 Å². The van der Waals surface area contributed by atoms with E-state index in [1.165, 1.54) is 0 Å². The molecule has 1 fully saturated rings. The first-order valence-electron chi connectivity index (χ1n) is 9.82. The summed E-state index contributed by atoms with van der Waals surface area (Å²) in [6.45, 7) is 7.62. The van der Waals surface area contributed by atoms with Gasteiger partial charge < -0.3 is 9.64 Å². The zero-order valence-electron chi connectivity index (χ0n) is 17.2. The molecule has 4 heterocycles. The topological polar surface area (TPSA) is 104 Å². The summed E-state index contributed by atoms with van der Waals surface area (Å²) in [5.41, 5.74) is 2.28. The van der Waals surface area contributed by atoms with Crippen LogP contribution >= 0.6 is 0 Å². The minimum atomic E-state index is -0.496. The first-order chi connectivity index (χ1) is 13.8. The Morgan fingerprint density at radius 3 is 2.86 bits per heavy atom. The van der Waals surface area contributed by atoms with Gasteiger partial charge in [0.2, 0.25) is 5.65 Å². The third-order valence-corrected chi connectivity index (χ3v) is 4.83. The number of fused-ring (bicyclic) bond motifs is 1. The van der Waals surface area contributed by atoms with Gasteiger partial charge in [0.1, 0.15) is 5.60 Å². The average molecular weight is 398 g/mol. The van der Waals surface area contributed by atoms with Crippen molar-refractivity contribution in [3.63, 3.8) is 0 Å². The smallest absolute Gasteiger partial charge is 0.410 e. The fraction of sp³-hybridized carbons (Fsp3) is 0.579. The molecule has 1 saturated heterocycles. The molecule has 4 rings (SSSR count). The molecule has 1 aliphatic rings. The van der Waals surface area contributed by atoms with Crippen LogP contribution in [-0.2, 0) is 18.3 Å². The summed E-state index contributed by atoms with van der Waals surface area (Å²) < 4.78 is 9.03. The molecule has 0 aromatic carbocycles. The summed E-state index contributed by atoms with van der Waals surface area (Å²) >= 11 is 0. The van der Waals surface area contributed by atoms with Crippen molar-refractivity contribution in [2.24, 2.45) is 13.0 Å². The van der Waals surface area contributed by atoms with E-state index in [2.05, 4.69) is 20.4 Å². The molecule has 0 saturated carbocycles. The Hall–Kier alpha value is -3.04. The molecular formula is C19H26N8O2. The lowest BCUT2D eigenvalue weighted by Gasteiger charge is -2.34. The van der Waals surface area contributed by atoms with Gasteiger partial charge in [-0.3, -0.25) is 4.68 Å². The van der Waals surface area contributed by atoms with Crippen LogP contribution in [0.25, 0.3) is 22.6 Å². The lowest BCUT2D eigenvalue weighted by atomic mass is 9.98. The molecule has 29 heavy (non-hydrogen) atoms. The van der Waals surface area contributed by atoms with Crippen molar-refractivity contribution in [2.75, 3.05) is 13.1 Å². The van der Waals surface area contributed by atoms with Crippen LogP contribution in [0.5, 0.6) is 0 Å². The van der Waals surface area contributed by atoms with E-state index in [0.29, 0.717) is 30.9 Å². The molecule has 0 radical (unpaired) electrons. The van der Waals surface area contributed by atoms with Gasteiger partial charge in [0.15, 0.2) is 5.65 Å². The number of amides is 1. The molecule has 1 atom stereocenters. The standard InChI is InChI=1S/C19H26N8O2/c1-19(2,3)29-18(28)26-7-5-6-13(10-26)11-27-17-16(23-24-27)20-9-15(22-17)14-8-21-25(4)12-14/h8-9,12-13H,5-7,10-11H2,1-4H3/t13-/m0/s1. The number of aromatic nitrogens is 7. The van der Waals surface area contributed by atoms with Gasteiger partial charge in [-0.2, -0.15) is 5.10 Å². The largest absolute Gasteiger partial charge is 0.444 e. The molecule has 0 bridgehead atoms. The van der Waals surface area contributed by atoms with E-state index in [0.717, 1.165) is 24.1 Å². The molecule has 154 valence electrons. The number of piperidine rings is 1. The van der Waals surface area contributed by atoms with Gasteiger partial charge >= 0.3 is 6.09 Å². The monoisotopic (exact) mass is 398 g/mol. The van der Waals surface area contributed by atoms with Gasteiger partial charge in [0, 0.05) is 38.4 Å². The highest BCUT2D eigenvalue weighted by Gasteiger charge is 2.28. The highest BCUT2D eigenvalue weighted by molar-refractivity contribution is 5.69. The summed E-state index contributed by atoms with van der Waals surface area (Å²) in [7, 11) is 1.86. The second-order valence-corrected chi connectivity index (χ2v) is 8.51. The molecule has 3 aromatic heterocycles. The number of rotatable bonds is 3. The van der Waals surface area contributed by atoms with E-state index < -0.39 is 5.60 Å². The molecule has 1 aliphatic heterocycles. The molecule has 10 nitrogen and oxygen atoms in total. The van der Waals surface area contributed by atoms with Crippen molar-refractivity contribution < 1.29 is 9.53 Å². The zero-order valence-corrected chi connectivity index (χ0v) is 17.2. The fourth-order valence-electron chi connectivity index (χ4n) is 3.52.